The average molecular weight is 367 g/mol. The monoisotopic (exact) mass is 366 g/mol. The molecule has 1 N–H and O–H groups in total. The SMILES string of the molecule is CCCCCCCCCCCCCCCCCC[C@@H](C)C=C(C)C(=O)O. The molecule has 0 aromatic heterocycles. The molecule has 0 rings (SSSR count). The number of unbranched alkanes of at least 4 members (excludes halogenated alkanes) is 15. The van der Waals surface area contributed by atoms with Crippen LogP contribution in [0.4, 0.5) is 0 Å². The van der Waals surface area contributed by atoms with Crippen LogP contribution < -0.4 is 0 Å². The minimum atomic E-state index is -0.788. The Morgan fingerprint density at radius 2 is 1.08 bits per heavy atom. The van der Waals surface area contributed by atoms with Crippen LogP contribution in [-0.4, -0.2) is 11.1 Å². The first-order chi connectivity index (χ1) is 12.6. The van der Waals surface area contributed by atoms with E-state index < -0.39 is 5.97 Å². The van der Waals surface area contributed by atoms with Crippen molar-refractivity contribution < 1.29 is 9.90 Å². The van der Waals surface area contributed by atoms with Crippen molar-refractivity contribution in [1.82, 2.24) is 0 Å². The van der Waals surface area contributed by atoms with Crippen LogP contribution in [0.3, 0.4) is 0 Å². The van der Waals surface area contributed by atoms with Crippen LogP contribution >= 0.6 is 0 Å². The second-order valence-corrected chi connectivity index (χ2v) is 8.22. The molecular formula is C24H46O2. The van der Waals surface area contributed by atoms with Gasteiger partial charge < -0.3 is 5.11 Å². The van der Waals surface area contributed by atoms with Gasteiger partial charge in [-0.25, -0.2) is 4.79 Å². The van der Waals surface area contributed by atoms with Crippen molar-refractivity contribution in [3.63, 3.8) is 0 Å². The third-order valence-electron chi connectivity index (χ3n) is 5.38. The van der Waals surface area contributed by atoms with E-state index in [1.165, 1.54) is 103 Å². The Morgan fingerprint density at radius 1 is 0.731 bits per heavy atom. The third kappa shape index (κ3) is 18.0. The predicted molar refractivity (Wildman–Crippen MR) is 115 cm³/mol. The van der Waals surface area contributed by atoms with E-state index >= 15 is 0 Å². The van der Waals surface area contributed by atoms with E-state index in [4.69, 9.17) is 5.11 Å². The summed E-state index contributed by atoms with van der Waals surface area (Å²) in [5, 5.41) is 8.88. The fourth-order valence-corrected chi connectivity index (χ4v) is 3.60. The van der Waals surface area contributed by atoms with Crippen LogP contribution in [-0.2, 0) is 4.79 Å². The number of aliphatic carboxylic acids is 1. The summed E-state index contributed by atoms with van der Waals surface area (Å²) in [5.74, 6) is -0.401. The normalized spacial score (nSPS) is 13.1. The molecule has 0 spiro atoms. The maximum absolute atomic E-state index is 10.8. The lowest BCUT2D eigenvalue weighted by atomic mass is 9.99. The van der Waals surface area contributed by atoms with Crippen molar-refractivity contribution >= 4 is 5.97 Å². The lowest BCUT2D eigenvalue weighted by Gasteiger charge is -2.07. The highest BCUT2D eigenvalue weighted by Gasteiger charge is 2.04. The Morgan fingerprint density at radius 3 is 1.42 bits per heavy atom. The van der Waals surface area contributed by atoms with Crippen molar-refractivity contribution in [2.24, 2.45) is 5.92 Å². The van der Waals surface area contributed by atoms with E-state index in [0.717, 1.165) is 6.42 Å². The van der Waals surface area contributed by atoms with Crippen LogP contribution in [0.1, 0.15) is 130 Å². The zero-order chi connectivity index (χ0) is 19.5. The van der Waals surface area contributed by atoms with Crippen molar-refractivity contribution in [2.45, 2.75) is 130 Å². The van der Waals surface area contributed by atoms with Gasteiger partial charge in [0.15, 0.2) is 0 Å². The van der Waals surface area contributed by atoms with Crippen LogP contribution in [0.2, 0.25) is 0 Å². The number of carboxylic acids is 1. The third-order valence-corrected chi connectivity index (χ3v) is 5.38. The Hall–Kier alpha value is -0.790. The molecule has 0 aliphatic rings. The van der Waals surface area contributed by atoms with E-state index in [1.54, 1.807) is 6.92 Å². The molecule has 0 saturated carbocycles. The number of hydrogen-bond acceptors (Lipinski definition) is 1. The van der Waals surface area contributed by atoms with Crippen molar-refractivity contribution in [1.29, 1.82) is 0 Å². The molecule has 0 fully saturated rings. The molecule has 0 bridgehead atoms. The first kappa shape index (κ1) is 25.2. The van der Waals surface area contributed by atoms with E-state index in [1.807, 2.05) is 6.08 Å². The maximum Gasteiger partial charge on any atom is 0.330 e. The van der Waals surface area contributed by atoms with E-state index in [9.17, 15) is 4.79 Å². The van der Waals surface area contributed by atoms with E-state index in [2.05, 4.69) is 13.8 Å². The molecule has 0 aliphatic carbocycles. The zero-order valence-electron chi connectivity index (χ0n) is 18.0. The van der Waals surface area contributed by atoms with Gasteiger partial charge in [0.05, 0.1) is 0 Å². The summed E-state index contributed by atoms with van der Waals surface area (Å²) < 4.78 is 0. The van der Waals surface area contributed by atoms with Gasteiger partial charge in [-0.05, 0) is 19.3 Å². The Balaban J connectivity index is 3.22. The standard InChI is InChI=1S/C24H46O2/c1-4-5-6-7-8-9-10-11-12-13-14-15-16-17-18-19-20-22(2)21-23(3)24(25)26/h21-22H,4-20H2,1-3H3,(H,25,26)/t22-/m1/s1. The summed E-state index contributed by atoms with van der Waals surface area (Å²) in [7, 11) is 0. The number of carboxylic acid groups (broad SMARTS) is 1. The number of rotatable bonds is 19. The van der Waals surface area contributed by atoms with Crippen molar-refractivity contribution in [3.8, 4) is 0 Å². The van der Waals surface area contributed by atoms with Crippen molar-refractivity contribution in [2.75, 3.05) is 0 Å². The van der Waals surface area contributed by atoms with Crippen molar-refractivity contribution in [3.05, 3.63) is 11.6 Å². The van der Waals surface area contributed by atoms with Gasteiger partial charge in [0.1, 0.15) is 0 Å². The molecular weight excluding hydrogens is 320 g/mol. The minimum Gasteiger partial charge on any atom is -0.478 e. The summed E-state index contributed by atoms with van der Waals surface area (Å²) in [6.45, 7) is 6.09. The Bertz CT molecular complexity index is 346. The molecule has 0 amide bonds. The van der Waals surface area contributed by atoms with E-state index in [-0.39, 0.29) is 0 Å². The van der Waals surface area contributed by atoms with Gasteiger partial charge >= 0.3 is 5.97 Å². The molecule has 1 atom stereocenters. The summed E-state index contributed by atoms with van der Waals surface area (Å²) in [4.78, 5) is 10.8. The number of allylic oxidation sites excluding steroid dienone is 1. The van der Waals surface area contributed by atoms with Crippen LogP contribution in [0.25, 0.3) is 0 Å². The summed E-state index contributed by atoms with van der Waals surface area (Å²) in [6.07, 6.45) is 25.3. The summed E-state index contributed by atoms with van der Waals surface area (Å²) >= 11 is 0. The smallest absolute Gasteiger partial charge is 0.330 e. The van der Waals surface area contributed by atoms with Gasteiger partial charge in [-0.1, -0.05) is 123 Å². The van der Waals surface area contributed by atoms with Gasteiger partial charge in [0.25, 0.3) is 0 Å². The van der Waals surface area contributed by atoms with Crippen LogP contribution in [0.5, 0.6) is 0 Å². The molecule has 0 saturated heterocycles. The second kappa shape index (κ2) is 19.0. The van der Waals surface area contributed by atoms with E-state index in [0.29, 0.717) is 11.5 Å². The first-order valence-electron chi connectivity index (χ1n) is 11.5. The number of hydrogen-bond donors (Lipinski definition) is 1. The average Bonchev–Trinajstić information content (AvgIpc) is 2.61. The lowest BCUT2D eigenvalue weighted by Crippen LogP contribution is -1.99. The quantitative estimate of drug-likeness (QED) is 0.184. The largest absolute Gasteiger partial charge is 0.478 e. The number of carbonyl (C=O) groups is 1. The molecule has 0 aliphatic heterocycles. The highest BCUT2D eigenvalue weighted by Crippen LogP contribution is 2.16. The molecule has 26 heavy (non-hydrogen) atoms. The Kier molecular flexibility index (Phi) is 18.4. The second-order valence-electron chi connectivity index (χ2n) is 8.22. The first-order valence-corrected chi connectivity index (χ1v) is 11.5. The molecule has 2 nitrogen and oxygen atoms in total. The maximum atomic E-state index is 10.8. The molecule has 0 heterocycles. The van der Waals surface area contributed by atoms with Gasteiger partial charge in [0, 0.05) is 5.57 Å². The zero-order valence-corrected chi connectivity index (χ0v) is 18.0. The predicted octanol–water partition coefficient (Wildman–Crippen LogP) is 8.31. The fraction of sp³-hybridized carbons (Fsp3) is 0.875. The van der Waals surface area contributed by atoms with Gasteiger partial charge in [0.2, 0.25) is 0 Å². The van der Waals surface area contributed by atoms with Crippen LogP contribution in [0.15, 0.2) is 11.6 Å². The molecule has 0 aromatic rings. The Labute approximate surface area is 163 Å². The molecule has 0 unspecified atom stereocenters. The topological polar surface area (TPSA) is 37.3 Å². The van der Waals surface area contributed by atoms with Gasteiger partial charge in [-0.3, -0.25) is 0 Å². The highest BCUT2D eigenvalue weighted by molar-refractivity contribution is 5.85. The summed E-state index contributed by atoms with van der Waals surface area (Å²) in [5.41, 5.74) is 0.481. The van der Waals surface area contributed by atoms with Gasteiger partial charge in [-0.2, -0.15) is 0 Å². The summed E-state index contributed by atoms with van der Waals surface area (Å²) in [6, 6.07) is 0. The molecule has 0 radical (unpaired) electrons. The minimum absolute atomic E-state index is 0.387. The highest BCUT2D eigenvalue weighted by atomic mass is 16.4. The molecule has 2 heteroatoms. The molecule has 0 aromatic carbocycles. The fourth-order valence-electron chi connectivity index (χ4n) is 3.60. The van der Waals surface area contributed by atoms with Gasteiger partial charge in [-0.15, -0.1) is 0 Å². The lowest BCUT2D eigenvalue weighted by molar-refractivity contribution is -0.132. The molecule has 154 valence electrons. The van der Waals surface area contributed by atoms with Crippen LogP contribution in [0, 0.1) is 5.92 Å².